The third-order valence-corrected chi connectivity index (χ3v) is 3.16. The van der Waals surface area contributed by atoms with Crippen molar-refractivity contribution in [1.82, 2.24) is 0 Å². The third kappa shape index (κ3) is 2.70. The fourth-order valence-corrected chi connectivity index (χ4v) is 2.10. The molecule has 2 aromatic rings. The van der Waals surface area contributed by atoms with Crippen molar-refractivity contribution in [3.05, 3.63) is 47.0 Å². The normalized spacial score (nSPS) is 10.2. The van der Waals surface area contributed by atoms with E-state index in [1.54, 1.807) is 43.5 Å². The van der Waals surface area contributed by atoms with Gasteiger partial charge in [-0.25, -0.2) is 4.79 Å². The maximum absolute atomic E-state index is 11.5. The number of benzene rings is 2. The highest BCUT2D eigenvalue weighted by Gasteiger charge is 2.13. The van der Waals surface area contributed by atoms with Crippen molar-refractivity contribution in [2.24, 2.45) is 0 Å². The van der Waals surface area contributed by atoms with Crippen LogP contribution < -0.4 is 10.5 Å². The predicted molar refractivity (Wildman–Crippen MR) is 79.2 cm³/mol. The molecule has 0 bridgehead atoms. The van der Waals surface area contributed by atoms with E-state index in [2.05, 4.69) is 4.74 Å². The Morgan fingerprint density at radius 2 is 1.90 bits per heavy atom. The second-order valence-corrected chi connectivity index (χ2v) is 4.57. The van der Waals surface area contributed by atoms with Gasteiger partial charge in [0.2, 0.25) is 0 Å². The van der Waals surface area contributed by atoms with Crippen LogP contribution in [0.3, 0.4) is 0 Å². The van der Waals surface area contributed by atoms with Gasteiger partial charge >= 0.3 is 5.97 Å². The summed E-state index contributed by atoms with van der Waals surface area (Å²) < 4.78 is 9.96. The Bertz CT molecular complexity index is 656. The van der Waals surface area contributed by atoms with Gasteiger partial charge in [0.05, 0.1) is 19.8 Å². The summed E-state index contributed by atoms with van der Waals surface area (Å²) in [5.41, 5.74) is 8.19. The number of halogens is 1. The number of anilines is 1. The lowest BCUT2D eigenvalue weighted by Crippen LogP contribution is -2.05. The van der Waals surface area contributed by atoms with E-state index in [0.717, 1.165) is 11.1 Å². The second-order valence-electron chi connectivity index (χ2n) is 4.14. The smallest absolute Gasteiger partial charge is 0.339 e. The average Bonchev–Trinajstić information content (AvgIpc) is 2.46. The molecule has 0 saturated heterocycles. The van der Waals surface area contributed by atoms with E-state index in [1.807, 2.05) is 0 Å². The fourth-order valence-electron chi connectivity index (χ4n) is 1.93. The van der Waals surface area contributed by atoms with E-state index in [1.165, 1.54) is 7.11 Å². The Morgan fingerprint density at radius 1 is 1.15 bits per heavy atom. The number of nitrogens with two attached hydrogens (primary N) is 1. The maximum Gasteiger partial charge on any atom is 0.339 e. The fraction of sp³-hybridized carbons (Fsp3) is 0.133. The van der Waals surface area contributed by atoms with Crippen LogP contribution >= 0.6 is 11.6 Å². The molecule has 4 nitrogen and oxygen atoms in total. The van der Waals surface area contributed by atoms with Crippen LogP contribution in [0.2, 0.25) is 5.02 Å². The van der Waals surface area contributed by atoms with Gasteiger partial charge < -0.3 is 15.2 Å². The van der Waals surface area contributed by atoms with Crippen molar-refractivity contribution in [1.29, 1.82) is 0 Å². The van der Waals surface area contributed by atoms with Crippen LogP contribution in [0.15, 0.2) is 36.4 Å². The van der Waals surface area contributed by atoms with E-state index < -0.39 is 5.97 Å². The van der Waals surface area contributed by atoms with Crippen LogP contribution in [-0.2, 0) is 4.74 Å². The molecule has 104 valence electrons. The van der Waals surface area contributed by atoms with Gasteiger partial charge in [0.15, 0.2) is 0 Å². The van der Waals surface area contributed by atoms with Crippen molar-refractivity contribution in [3.8, 4) is 16.9 Å². The molecule has 0 saturated carbocycles. The molecule has 0 heterocycles. The number of carbonyl (C=O) groups is 1. The monoisotopic (exact) mass is 291 g/mol. The number of nitrogen functional groups attached to an aromatic ring is 1. The zero-order valence-electron chi connectivity index (χ0n) is 11.1. The summed E-state index contributed by atoms with van der Waals surface area (Å²) >= 11 is 6.01. The quantitative estimate of drug-likeness (QED) is 0.695. The van der Waals surface area contributed by atoms with E-state index in [4.69, 9.17) is 22.1 Å². The van der Waals surface area contributed by atoms with Gasteiger partial charge in [-0.3, -0.25) is 0 Å². The molecule has 2 aromatic carbocycles. The van der Waals surface area contributed by atoms with Crippen LogP contribution in [0.25, 0.3) is 11.1 Å². The van der Waals surface area contributed by atoms with Gasteiger partial charge in [-0.15, -0.1) is 0 Å². The van der Waals surface area contributed by atoms with Gasteiger partial charge in [0.1, 0.15) is 5.75 Å². The topological polar surface area (TPSA) is 61.5 Å². The zero-order chi connectivity index (χ0) is 14.7. The molecule has 5 heteroatoms. The summed E-state index contributed by atoms with van der Waals surface area (Å²) in [7, 11) is 2.90. The lowest BCUT2D eigenvalue weighted by Gasteiger charge is -2.11. The number of ether oxygens (including phenoxy) is 2. The number of rotatable bonds is 3. The molecule has 0 aliphatic rings. The highest BCUT2D eigenvalue weighted by Crippen LogP contribution is 2.34. The second kappa shape index (κ2) is 5.84. The predicted octanol–water partition coefficient (Wildman–Crippen LogP) is 3.38. The van der Waals surface area contributed by atoms with Crippen LogP contribution in [-0.4, -0.2) is 20.2 Å². The summed E-state index contributed by atoms with van der Waals surface area (Å²) in [6.07, 6.45) is 0. The molecule has 0 aromatic heterocycles. The lowest BCUT2D eigenvalue weighted by atomic mass is 10.0. The molecule has 2 rings (SSSR count). The standard InChI is InChI=1S/C15H14ClNO3/c1-19-14-6-4-10(16)8-12(14)9-3-5-11(13(17)7-9)15(18)20-2/h3-8H,17H2,1-2H3. The number of hydrogen-bond acceptors (Lipinski definition) is 4. The molecule has 0 radical (unpaired) electrons. The highest BCUT2D eigenvalue weighted by atomic mass is 35.5. The van der Waals surface area contributed by atoms with Crippen molar-refractivity contribution < 1.29 is 14.3 Å². The van der Waals surface area contributed by atoms with Gasteiger partial charge in [-0.05, 0) is 35.9 Å². The van der Waals surface area contributed by atoms with Crippen molar-refractivity contribution in [3.63, 3.8) is 0 Å². The van der Waals surface area contributed by atoms with E-state index in [-0.39, 0.29) is 0 Å². The molecular weight excluding hydrogens is 278 g/mol. The first-order valence-electron chi connectivity index (χ1n) is 5.88. The summed E-state index contributed by atoms with van der Waals surface area (Å²) in [6.45, 7) is 0. The number of hydrogen-bond donors (Lipinski definition) is 1. The largest absolute Gasteiger partial charge is 0.496 e. The Labute approximate surface area is 122 Å². The van der Waals surface area contributed by atoms with Crippen LogP contribution in [0.1, 0.15) is 10.4 Å². The van der Waals surface area contributed by atoms with Crippen molar-refractivity contribution >= 4 is 23.3 Å². The van der Waals surface area contributed by atoms with E-state index in [0.29, 0.717) is 22.0 Å². The molecule has 0 spiro atoms. The molecule has 0 aliphatic carbocycles. The molecule has 0 unspecified atom stereocenters. The van der Waals surface area contributed by atoms with Crippen LogP contribution in [0, 0.1) is 0 Å². The maximum atomic E-state index is 11.5. The Kier molecular flexibility index (Phi) is 4.15. The molecule has 0 aliphatic heterocycles. The first-order valence-corrected chi connectivity index (χ1v) is 6.26. The Balaban J connectivity index is 2.52. The first kappa shape index (κ1) is 14.2. The number of carbonyl (C=O) groups excluding carboxylic acids is 1. The van der Waals surface area contributed by atoms with E-state index in [9.17, 15) is 4.79 Å². The van der Waals surface area contributed by atoms with E-state index >= 15 is 0 Å². The summed E-state index contributed by atoms with van der Waals surface area (Å²) in [6, 6.07) is 10.4. The summed E-state index contributed by atoms with van der Waals surface area (Å²) in [5, 5.41) is 0.594. The average molecular weight is 292 g/mol. The van der Waals surface area contributed by atoms with Crippen LogP contribution in [0.5, 0.6) is 5.75 Å². The summed E-state index contributed by atoms with van der Waals surface area (Å²) in [4.78, 5) is 11.5. The Morgan fingerprint density at radius 3 is 2.50 bits per heavy atom. The lowest BCUT2D eigenvalue weighted by molar-refractivity contribution is 0.0602. The minimum Gasteiger partial charge on any atom is -0.496 e. The zero-order valence-corrected chi connectivity index (χ0v) is 11.9. The summed E-state index contributed by atoms with van der Waals surface area (Å²) in [5.74, 6) is 0.215. The molecule has 0 fully saturated rings. The first-order chi connectivity index (χ1) is 9.56. The minimum atomic E-state index is -0.466. The van der Waals surface area contributed by atoms with Crippen molar-refractivity contribution in [2.45, 2.75) is 0 Å². The highest BCUT2D eigenvalue weighted by molar-refractivity contribution is 6.31. The van der Waals surface area contributed by atoms with Gasteiger partial charge in [-0.1, -0.05) is 17.7 Å². The third-order valence-electron chi connectivity index (χ3n) is 2.93. The number of methoxy groups -OCH3 is 2. The molecule has 20 heavy (non-hydrogen) atoms. The Hall–Kier alpha value is -2.20. The van der Waals surface area contributed by atoms with Crippen LogP contribution in [0.4, 0.5) is 5.69 Å². The van der Waals surface area contributed by atoms with Crippen molar-refractivity contribution in [2.75, 3.05) is 20.0 Å². The minimum absolute atomic E-state index is 0.331. The number of esters is 1. The SMILES string of the molecule is COC(=O)c1ccc(-c2cc(Cl)ccc2OC)cc1N. The van der Waals surface area contributed by atoms with Gasteiger partial charge in [0.25, 0.3) is 0 Å². The molecule has 0 atom stereocenters. The molecular formula is C15H14ClNO3. The molecule has 0 amide bonds. The molecule has 2 N–H and O–H groups in total. The van der Waals surface area contributed by atoms with Gasteiger partial charge in [0, 0.05) is 16.3 Å². The van der Waals surface area contributed by atoms with Gasteiger partial charge in [-0.2, -0.15) is 0 Å².